The number of carbonyl (C=O) groups is 1. The smallest absolute Gasteiger partial charge is 0.304 e. The molecule has 2 atom stereocenters. The number of hydrogen-bond acceptors (Lipinski definition) is 3. The molecular weight excluding hydrogens is 144 g/mol. The van der Waals surface area contributed by atoms with Gasteiger partial charge in [-0.25, -0.2) is 0 Å². The average molecular weight is 158 g/mol. The molecule has 1 aliphatic rings. The van der Waals surface area contributed by atoms with Gasteiger partial charge in [-0.1, -0.05) is 6.92 Å². The summed E-state index contributed by atoms with van der Waals surface area (Å²) in [4.78, 5) is 10.5. The molecule has 0 amide bonds. The van der Waals surface area contributed by atoms with Gasteiger partial charge in [-0.15, -0.1) is 0 Å². The summed E-state index contributed by atoms with van der Waals surface area (Å²) in [6, 6.07) is 0. The summed E-state index contributed by atoms with van der Waals surface area (Å²) >= 11 is 0. The Balaban J connectivity index is 2.28. The topological polar surface area (TPSA) is 35.5 Å². The van der Waals surface area contributed by atoms with E-state index in [1.807, 2.05) is 0 Å². The van der Waals surface area contributed by atoms with Crippen molar-refractivity contribution in [2.24, 2.45) is 5.92 Å². The van der Waals surface area contributed by atoms with Crippen LogP contribution in [-0.2, 0) is 14.3 Å². The molecule has 0 N–H and O–H groups in total. The van der Waals surface area contributed by atoms with Crippen LogP contribution in [0.4, 0.5) is 0 Å². The van der Waals surface area contributed by atoms with E-state index < -0.39 is 0 Å². The second-order valence-electron chi connectivity index (χ2n) is 3.04. The first-order valence-electron chi connectivity index (χ1n) is 3.97. The highest BCUT2D eigenvalue weighted by Crippen LogP contribution is 2.19. The van der Waals surface area contributed by atoms with Gasteiger partial charge in [-0.05, 0) is 12.3 Å². The van der Waals surface area contributed by atoms with Crippen molar-refractivity contribution in [2.45, 2.75) is 33.0 Å². The SMILES string of the molecule is CC(=O)O[C@@H]1C[C@@H](C)CCO1. The minimum atomic E-state index is -0.295. The molecule has 0 saturated carbocycles. The quantitative estimate of drug-likeness (QED) is 0.540. The number of hydrogen-bond donors (Lipinski definition) is 0. The second-order valence-corrected chi connectivity index (χ2v) is 3.04. The van der Waals surface area contributed by atoms with Crippen molar-refractivity contribution in [1.29, 1.82) is 0 Å². The van der Waals surface area contributed by atoms with Crippen LogP contribution in [0.15, 0.2) is 0 Å². The molecule has 0 aliphatic carbocycles. The number of ether oxygens (including phenoxy) is 2. The maximum absolute atomic E-state index is 10.5. The number of esters is 1. The molecular formula is C8H14O3. The molecule has 0 aromatic carbocycles. The molecule has 3 heteroatoms. The fourth-order valence-electron chi connectivity index (χ4n) is 1.18. The molecule has 1 fully saturated rings. The Hall–Kier alpha value is -0.570. The van der Waals surface area contributed by atoms with E-state index in [4.69, 9.17) is 9.47 Å². The second kappa shape index (κ2) is 3.72. The van der Waals surface area contributed by atoms with Gasteiger partial charge in [-0.2, -0.15) is 0 Å². The molecule has 1 heterocycles. The van der Waals surface area contributed by atoms with Crippen LogP contribution in [0.2, 0.25) is 0 Å². The Morgan fingerprint density at radius 3 is 2.91 bits per heavy atom. The molecule has 0 radical (unpaired) electrons. The summed E-state index contributed by atoms with van der Waals surface area (Å²) in [5.74, 6) is 0.345. The van der Waals surface area contributed by atoms with Gasteiger partial charge in [0.25, 0.3) is 0 Å². The van der Waals surface area contributed by atoms with Gasteiger partial charge in [0.2, 0.25) is 6.29 Å². The van der Waals surface area contributed by atoms with E-state index in [0.717, 1.165) is 12.8 Å². The Bertz CT molecular complexity index is 144. The molecule has 1 saturated heterocycles. The fraction of sp³-hybridized carbons (Fsp3) is 0.875. The van der Waals surface area contributed by atoms with Crippen LogP contribution in [0.3, 0.4) is 0 Å². The van der Waals surface area contributed by atoms with E-state index in [-0.39, 0.29) is 12.3 Å². The third kappa shape index (κ3) is 2.89. The minimum absolute atomic E-state index is 0.260. The van der Waals surface area contributed by atoms with Crippen molar-refractivity contribution >= 4 is 5.97 Å². The lowest BCUT2D eigenvalue weighted by molar-refractivity contribution is -0.188. The van der Waals surface area contributed by atoms with Crippen LogP contribution < -0.4 is 0 Å². The predicted molar refractivity (Wildman–Crippen MR) is 39.9 cm³/mol. The van der Waals surface area contributed by atoms with Crippen LogP contribution in [0, 0.1) is 5.92 Å². The molecule has 1 rings (SSSR count). The first-order valence-corrected chi connectivity index (χ1v) is 3.97. The molecule has 0 aromatic heterocycles. The zero-order valence-electron chi connectivity index (χ0n) is 7.00. The van der Waals surface area contributed by atoms with E-state index in [0.29, 0.717) is 12.5 Å². The van der Waals surface area contributed by atoms with E-state index in [1.54, 1.807) is 0 Å². The molecule has 0 unspecified atom stereocenters. The van der Waals surface area contributed by atoms with Gasteiger partial charge in [0.15, 0.2) is 0 Å². The maximum atomic E-state index is 10.5. The first kappa shape index (κ1) is 8.53. The third-order valence-electron chi connectivity index (χ3n) is 1.81. The van der Waals surface area contributed by atoms with Gasteiger partial charge in [0.1, 0.15) is 0 Å². The van der Waals surface area contributed by atoms with Gasteiger partial charge >= 0.3 is 5.97 Å². The zero-order chi connectivity index (χ0) is 8.27. The molecule has 1 aliphatic heterocycles. The molecule has 3 nitrogen and oxygen atoms in total. The summed E-state index contributed by atoms with van der Waals surface area (Å²) in [5.41, 5.74) is 0. The van der Waals surface area contributed by atoms with Crippen LogP contribution in [0.25, 0.3) is 0 Å². The normalized spacial score (nSPS) is 31.5. The van der Waals surface area contributed by atoms with Crippen molar-refractivity contribution in [1.82, 2.24) is 0 Å². The Kier molecular flexibility index (Phi) is 2.88. The molecule has 0 spiro atoms. The van der Waals surface area contributed by atoms with Gasteiger partial charge in [0, 0.05) is 13.3 Å². The predicted octanol–water partition coefficient (Wildman–Crippen LogP) is 1.32. The third-order valence-corrected chi connectivity index (χ3v) is 1.81. The summed E-state index contributed by atoms with van der Waals surface area (Å²) in [7, 11) is 0. The Morgan fingerprint density at radius 2 is 2.36 bits per heavy atom. The summed E-state index contributed by atoms with van der Waals surface area (Å²) < 4.78 is 10.1. The highest BCUT2D eigenvalue weighted by Gasteiger charge is 2.21. The molecule has 64 valence electrons. The molecule has 0 bridgehead atoms. The lowest BCUT2D eigenvalue weighted by Crippen LogP contribution is -2.28. The van der Waals surface area contributed by atoms with Crippen molar-refractivity contribution in [3.05, 3.63) is 0 Å². The molecule has 0 aromatic rings. The van der Waals surface area contributed by atoms with E-state index in [1.165, 1.54) is 6.92 Å². The first-order chi connectivity index (χ1) is 5.18. The van der Waals surface area contributed by atoms with Crippen molar-refractivity contribution < 1.29 is 14.3 Å². The van der Waals surface area contributed by atoms with Crippen LogP contribution >= 0.6 is 0 Å². The van der Waals surface area contributed by atoms with Crippen LogP contribution in [0.1, 0.15) is 26.7 Å². The summed E-state index contributed by atoms with van der Waals surface area (Å²) in [6.07, 6.45) is 1.61. The zero-order valence-corrected chi connectivity index (χ0v) is 7.00. The van der Waals surface area contributed by atoms with Crippen LogP contribution in [-0.4, -0.2) is 18.9 Å². The van der Waals surface area contributed by atoms with Gasteiger partial charge in [-0.3, -0.25) is 4.79 Å². The Morgan fingerprint density at radius 1 is 1.64 bits per heavy atom. The van der Waals surface area contributed by atoms with Crippen molar-refractivity contribution in [2.75, 3.05) is 6.61 Å². The average Bonchev–Trinajstić information content (AvgIpc) is 1.85. The minimum Gasteiger partial charge on any atom is -0.436 e. The number of rotatable bonds is 1. The highest BCUT2D eigenvalue weighted by atomic mass is 16.7. The highest BCUT2D eigenvalue weighted by molar-refractivity contribution is 5.66. The Labute approximate surface area is 66.7 Å². The summed E-state index contributed by atoms with van der Waals surface area (Å²) in [6.45, 7) is 4.25. The molecule has 11 heavy (non-hydrogen) atoms. The monoisotopic (exact) mass is 158 g/mol. The maximum Gasteiger partial charge on any atom is 0.304 e. The van der Waals surface area contributed by atoms with E-state index in [2.05, 4.69) is 6.92 Å². The lowest BCUT2D eigenvalue weighted by Gasteiger charge is -2.26. The van der Waals surface area contributed by atoms with E-state index >= 15 is 0 Å². The standard InChI is InChI=1S/C8H14O3/c1-6-3-4-10-8(5-6)11-7(2)9/h6,8H,3-5H2,1-2H3/t6-,8+/m0/s1. The van der Waals surface area contributed by atoms with Crippen LogP contribution in [0.5, 0.6) is 0 Å². The van der Waals surface area contributed by atoms with Crippen molar-refractivity contribution in [3.8, 4) is 0 Å². The largest absolute Gasteiger partial charge is 0.436 e. The lowest BCUT2D eigenvalue weighted by atomic mass is 10.0. The number of carbonyl (C=O) groups excluding carboxylic acids is 1. The van der Waals surface area contributed by atoms with Crippen molar-refractivity contribution in [3.63, 3.8) is 0 Å². The van der Waals surface area contributed by atoms with E-state index in [9.17, 15) is 4.79 Å². The summed E-state index contributed by atoms with van der Waals surface area (Å²) in [5, 5.41) is 0. The fourth-order valence-corrected chi connectivity index (χ4v) is 1.18. The van der Waals surface area contributed by atoms with Gasteiger partial charge < -0.3 is 9.47 Å². The van der Waals surface area contributed by atoms with Gasteiger partial charge in [0.05, 0.1) is 6.61 Å².